The van der Waals surface area contributed by atoms with E-state index in [0.717, 1.165) is 63.6 Å². The highest BCUT2D eigenvalue weighted by Gasteiger charge is 2.21. The molecule has 254 valence electrons. The maximum absolute atomic E-state index is 12.2. The number of nitrogens with zero attached hydrogens (tertiary/aromatic N) is 2. The van der Waals surface area contributed by atoms with E-state index in [2.05, 4.69) is 36.3 Å². The van der Waals surface area contributed by atoms with Gasteiger partial charge >= 0.3 is 6.09 Å². The first-order chi connectivity index (χ1) is 21.4. The van der Waals surface area contributed by atoms with Crippen LogP contribution in [0.3, 0.4) is 0 Å². The molecule has 0 aromatic heterocycles. The Hall–Kier alpha value is -3.67. The molecule has 1 heterocycles. The Labute approximate surface area is 269 Å². The van der Waals surface area contributed by atoms with Crippen molar-refractivity contribution in [3.8, 4) is 5.75 Å². The van der Waals surface area contributed by atoms with Gasteiger partial charge in [-0.15, -0.1) is 0 Å². The van der Waals surface area contributed by atoms with Crippen molar-refractivity contribution in [1.29, 1.82) is 0 Å². The standard InChI is InChI=1S/C21H32N4O4.C12H24N2O2/c1-3-4-5-6-19(26)23-18(20(22)27)15-16-7-9-17(10-8-16)29-21(28)25-13-11-24(2)12-14-25;1-3-10(2)9-12(16)14-8-6-4-5-7-11(13)15/h7-10,18H,3-6,11-15H2,1-2H3,(H2,22,27)(H,23,26);10H,3-9H2,1-2H3,(H2,13,15)(H,14,16). The zero-order valence-electron chi connectivity index (χ0n) is 27.8. The summed E-state index contributed by atoms with van der Waals surface area (Å²) in [7, 11) is 2.02. The first kappa shape index (κ1) is 39.4. The molecule has 1 aromatic rings. The van der Waals surface area contributed by atoms with Crippen molar-refractivity contribution in [2.75, 3.05) is 39.8 Å². The largest absolute Gasteiger partial charge is 0.415 e. The summed E-state index contributed by atoms with van der Waals surface area (Å²) >= 11 is 0. The van der Waals surface area contributed by atoms with Crippen molar-refractivity contribution in [1.82, 2.24) is 20.4 Å². The molecule has 1 fully saturated rings. The van der Waals surface area contributed by atoms with E-state index in [1.807, 2.05) is 7.05 Å². The van der Waals surface area contributed by atoms with E-state index in [0.29, 0.717) is 57.0 Å². The fourth-order valence-corrected chi connectivity index (χ4v) is 4.47. The van der Waals surface area contributed by atoms with Crippen LogP contribution in [0.15, 0.2) is 24.3 Å². The minimum Gasteiger partial charge on any atom is -0.410 e. The van der Waals surface area contributed by atoms with Gasteiger partial charge in [0.05, 0.1) is 0 Å². The number of hydrogen-bond acceptors (Lipinski definition) is 7. The molecule has 0 spiro atoms. The lowest BCUT2D eigenvalue weighted by atomic mass is 10.0. The molecule has 0 aliphatic carbocycles. The minimum atomic E-state index is -0.761. The summed E-state index contributed by atoms with van der Waals surface area (Å²) in [6.07, 6.45) is 7.87. The number of likely N-dealkylation sites (N-methyl/N-ethyl adjacent to an activating group) is 1. The Balaban J connectivity index is 0.000000538. The minimum absolute atomic E-state index is 0.129. The van der Waals surface area contributed by atoms with Gasteiger partial charge in [0.25, 0.3) is 0 Å². The first-order valence-corrected chi connectivity index (χ1v) is 16.3. The third-order valence-corrected chi connectivity index (χ3v) is 7.67. The maximum Gasteiger partial charge on any atom is 0.415 e. The molecule has 1 aromatic carbocycles. The average Bonchev–Trinajstić information content (AvgIpc) is 3.00. The number of ether oxygens (including phenoxy) is 1. The number of unbranched alkanes of at least 4 members (excludes halogenated alkanes) is 4. The predicted octanol–water partition coefficient (Wildman–Crippen LogP) is 3.11. The Morgan fingerprint density at radius 3 is 2.09 bits per heavy atom. The number of hydrogen-bond donors (Lipinski definition) is 4. The van der Waals surface area contributed by atoms with Crippen molar-refractivity contribution in [2.45, 2.75) is 97.4 Å². The number of rotatable bonds is 18. The third kappa shape index (κ3) is 18.7. The average molecular weight is 633 g/mol. The first-order valence-electron chi connectivity index (χ1n) is 16.3. The molecular formula is C33H56N6O6. The van der Waals surface area contributed by atoms with Gasteiger partial charge in [0.2, 0.25) is 23.6 Å². The predicted molar refractivity (Wildman–Crippen MR) is 175 cm³/mol. The van der Waals surface area contributed by atoms with Gasteiger partial charge in [0.1, 0.15) is 11.8 Å². The fourth-order valence-electron chi connectivity index (χ4n) is 4.47. The lowest BCUT2D eigenvalue weighted by Gasteiger charge is -2.31. The Morgan fingerprint density at radius 2 is 1.51 bits per heavy atom. The summed E-state index contributed by atoms with van der Waals surface area (Å²) in [5.41, 5.74) is 11.3. The fraction of sp³-hybridized carbons (Fsp3) is 0.667. The van der Waals surface area contributed by atoms with E-state index in [9.17, 15) is 24.0 Å². The summed E-state index contributed by atoms with van der Waals surface area (Å²) in [5.74, 6) is 0.0382. The number of piperazine rings is 1. The molecule has 2 rings (SSSR count). The zero-order valence-corrected chi connectivity index (χ0v) is 27.8. The molecule has 12 nitrogen and oxygen atoms in total. The van der Waals surface area contributed by atoms with Crippen molar-refractivity contribution < 1.29 is 28.7 Å². The molecule has 1 aliphatic heterocycles. The van der Waals surface area contributed by atoms with Gasteiger partial charge in [-0.2, -0.15) is 0 Å². The van der Waals surface area contributed by atoms with Gasteiger partial charge < -0.3 is 36.6 Å². The van der Waals surface area contributed by atoms with Crippen LogP contribution < -0.4 is 26.8 Å². The Morgan fingerprint density at radius 1 is 0.867 bits per heavy atom. The molecule has 6 N–H and O–H groups in total. The summed E-state index contributed by atoms with van der Waals surface area (Å²) in [6.45, 7) is 9.87. The van der Waals surface area contributed by atoms with E-state index >= 15 is 0 Å². The third-order valence-electron chi connectivity index (χ3n) is 7.67. The monoisotopic (exact) mass is 632 g/mol. The number of nitrogens with one attached hydrogen (secondary N) is 2. The summed E-state index contributed by atoms with van der Waals surface area (Å²) in [5, 5.41) is 5.59. The number of carbonyl (C=O) groups is 5. The van der Waals surface area contributed by atoms with Gasteiger partial charge in [-0.3, -0.25) is 19.2 Å². The molecule has 5 amide bonds. The lowest BCUT2D eigenvalue weighted by molar-refractivity contribution is -0.127. The topological polar surface area (TPSA) is 177 Å². The zero-order chi connectivity index (χ0) is 33.6. The maximum atomic E-state index is 12.2. The second kappa shape index (κ2) is 22.8. The van der Waals surface area contributed by atoms with E-state index < -0.39 is 11.9 Å². The van der Waals surface area contributed by atoms with Gasteiger partial charge in [0.15, 0.2) is 0 Å². The smallest absolute Gasteiger partial charge is 0.410 e. The molecule has 2 unspecified atom stereocenters. The second-order valence-corrected chi connectivity index (χ2v) is 11.8. The molecule has 1 aliphatic rings. The molecular weight excluding hydrogens is 576 g/mol. The van der Waals surface area contributed by atoms with Gasteiger partial charge in [-0.1, -0.05) is 58.6 Å². The van der Waals surface area contributed by atoms with Crippen molar-refractivity contribution in [2.24, 2.45) is 17.4 Å². The van der Waals surface area contributed by atoms with Crippen molar-refractivity contribution in [3.63, 3.8) is 0 Å². The van der Waals surface area contributed by atoms with E-state index in [4.69, 9.17) is 16.2 Å². The molecule has 1 saturated heterocycles. The highest BCUT2D eigenvalue weighted by atomic mass is 16.6. The van der Waals surface area contributed by atoms with Crippen molar-refractivity contribution in [3.05, 3.63) is 29.8 Å². The van der Waals surface area contributed by atoms with Crippen LogP contribution in [0.2, 0.25) is 0 Å². The SMILES string of the molecule is CCC(C)CC(=O)NCCCCCC(N)=O.CCCCCC(=O)NC(Cc1ccc(OC(=O)N2CCN(C)CC2)cc1)C(N)=O. The van der Waals surface area contributed by atoms with Crippen LogP contribution in [0, 0.1) is 5.92 Å². The molecule has 2 atom stereocenters. The van der Waals surface area contributed by atoms with Crippen LogP contribution >= 0.6 is 0 Å². The van der Waals surface area contributed by atoms with Crippen LogP contribution in [-0.4, -0.2) is 85.3 Å². The number of amides is 5. The Bertz CT molecular complexity index is 1040. The van der Waals surface area contributed by atoms with Crippen molar-refractivity contribution >= 4 is 29.7 Å². The summed E-state index contributed by atoms with van der Waals surface area (Å²) in [6, 6.07) is 6.15. The number of primary amides is 2. The quantitative estimate of drug-likeness (QED) is 0.180. The second-order valence-electron chi connectivity index (χ2n) is 11.8. The highest BCUT2D eigenvalue weighted by Crippen LogP contribution is 2.16. The number of nitrogens with two attached hydrogens (primary N) is 2. The lowest BCUT2D eigenvalue weighted by Crippen LogP contribution is -2.48. The van der Waals surface area contributed by atoms with E-state index in [1.165, 1.54) is 0 Å². The molecule has 45 heavy (non-hydrogen) atoms. The van der Waals surface area contributed by atoms with Crippen LogP contribution in [0.4, 0.5) is 4.79 Å². The molecule has 0 radical (unpaired) electrons. The molecule has 12 heteroatoms. The number of benzene rings is 1. The molecule has 0 bridgehead atoms. The highest BCUT2D eigenvalue weighted by molar-refractivity contribution is 5.86. The van der Waals surface area contributed by atoms with E-state index in [-0.39, 0.29) is 23.8 Å². The summed E-state index contributed by atoms with van der Waals surface area (Å²) < 4.78 is 5.42. The molecule has 0 saturated carbocycles. The van der Waals surface area contributed by atoms with E-state index in [1.54, 1.807) is 29.2 Å². The normalized spacial score (nSPS) is 14.4. The Kier molecular flexibility index (Phi) is 19.9. The van der Waals surface area contributed by atoms with Crippen LogP contribution in [0.1, 0.15) is 90.5 Å². The summed E-state index contributed by atoms with van der Waals surface area (Å²) in [4.78, 5) is 61.6. The number of carbonyl (C=O) groups excluding carboxylic acids is 5. The van der Waals surface area contributed by atoms with Gasteiger partial charge in [0, 0.05) is 58.4 Å². The van der Waals surface area contributed by atoms with Crippen LogP contribution in [0.5, 0.6) is 5.75 Å². The van der Waals surface area contributed by atoms with Gasteiger partial charge in [-0.25, -0.2) is 4.79 Å². The van der Waals surface area contributed by atoms with Crippen LogP contribution in [0.25, 0.3) is 0 Å². The van der Waals surface area contributed by atoms with Gasteiger partial charge in [-0.05, 0) is 49.9 Å². The van der Waals surface area contributed by atoms with Crippen LogP contribution in [-0.2, 0) is 25.6 Å².